The predicted molar refractivity (Wildman–Crippen MR) is 98.6 cm³/mol. The summed E-state index contributed by atoms with van der Waals surface area (Å²) >= 11 is 6.16. The summed E-state index contributed by atoms with van der Waals surface area (Å²) in [4.78, 5) is 18.7. The second kappa shape index (κ2) is 7.12. The summed E-state index contributed by atoms with van der Waals surface area (Å²) < 4.78 is 29.8. The van der Waals surface area contributed by atoms with E-state index in [2.05, 4.69) is 15.2 Å². The summed E-state index contributed by atoms with van der Waals surface area (Å²) in [5.41, 5.74) is 1.40. The molecule has 1 saturated carbocycles. The Balaban J connectivity index is 1.65. The summed E-state index contributed by atoms with van der Waals surface area (Å²) in [7, 11) is 1.60. The van der Waals surface area contributed by atoms with Gasteiger partial charge in [-0.2, -0.15) is 10.2 Å². The molecule has 0 unspecified atom stereocenters. The summed E-state index contributed by atoms with van der Waals surface area (Å²) in [6.07, 6.45) is 0.712. The zero-order valence-electron chi connectivity index (χ0n) is 15.4. The van der Waals surface area contributed by atoms with Crippen LogP contribution in [0.15, 0.2) is 18.3 Å². The lowest BCUT2D eigenvalue weighted by Gasteiger charge is -2.16. The van der Waals surface area contributed by atoms with Gasteiger partial charge in [0.2, 0.25) is 0 Å². The first-order valence-corrected chi connectivity index (χ1v) is 9.41. The number of aromatic nitrogens is 5. The molecule has 28 heavy (non-hydrogen) atoms. The van der Waals surface area contributed by atoms with Crippen molar-refractivity contribution in [1.82, 2.24) is 29.3 Å². The Hall–Kier alpha value is -2.55. The quantitative estimate of drug-likeness (QED) is 0.623. The van der Waals surface area contributed by atoms with Crippen molar-refractivity contribution in [2.75, 3.05) is 7.05 Å². The van der Waals surface area contributed by atoms with Crippen LogP contribution in [0.25, 0.3) is 5.65 Å². The molecule has 10 heteroatoms. The van der Waals surface area contributed by atoms with Crippen LogP contribution >= 0.6 is 11.6 Å². The second-order valence-corrected chi connectivity index (χ2v) is 7.30. The first-order chi connectivity index (χ1) is 13.4. The Kier molecular flexibility index (Phi) is 4.78. The number of amides is 1. The first kappa shape index (κ1) is 18.8. The SMILES string of the molecule is CCn1ncc(Cl)c1CN(C)C(=O)c1cc2nc(C3CC3)cc(C(F)F)n2n1. The summed E-state index contributed by atoms with van der Waals surface area (Å²) in [5, 5.41) is 8.71. The Labute approximate surface area is 164 Å². The van der Waals surface area contributed by atoms with Crippen LogP contribution in [0.5, 0.6) is 0 Å². The van der Waals surface area contributed by atoms with Gasteiger partial charge in [0.1, 0.15) is 5.69 Å². The van der Waals surface area contributed by atoms with E-state index >= 15 is 0 Å². The maximum absolute atomic E-state index is 13.5. The van der Waals surface area contributed by atoms with E-state index in [1.165, 1.54) is 23.2 Å². The van der Waals surface area contributed by atoms with Gasteiger partial charge in [0.15, 0.2) is 11.3 Å². The smallest absolute Gasteiger partial charge is 0.280 e. The molecule has 3 aromatic heterocycles. The van der Waals surface area contributed by atoms with E-state index in [9.17, 15) is 13.6 Å². The van der Waals surface area contributed by atoms with E-state index in [1.807, 2.05) is 6.92 Å². The van der Waals surface area contributed by atoms with E-state index < -0.39 is 12.3 Å². The average molecular weight is 409 g/mol. The van der Waals surface area contributed by atoms with Crippen molar-refractivity contribution >= 4 is 23.2 Å². The zero-order valence-corrected chi connectivity index (χ0v) is 16.2. The van der Waals surface area contributed by atoms with E-state index in [-0.39, 0.29) is 29.5 Å². The lowest BCUT2D eigenvalue weighted by molar-refractivity contribution is 0.0774. The van der Waals surface area contributed by atoms with Crippen LogP contribution in [0, 0.1) is 0 Å². The van der Waals surface area contributed by atoms with Gasteiger partial charge in [0, 0.05) is 31.3 Å². The molecule has 0 spiro atoms. The van der Waals surface area contributed by atoms with Gasteiger partial charge in [-0.3, -0.25) is 9.48 Å². The largest absolute Gasteiger partial charge is 0.334 e. The summed E-state index contributed by atoms with van der Waals surface area (Å²) in [6.45, 7) is 2.76. The molecule has 0 aliphatic heterocycles. The normalized spacial score (nSPS) is 14.2. The van der Waals surface area contributed by atoms with Crippen LogP contribution in [0.3, 0.4) is 0 Å². The highest BCUT2D eigenvalue weighted by Crippen LogP contribution is 2.40. The van der Waals surface area contributed by atoms with Crippen molar-refractivity contribution in [2.45, 2.75) is 45.2 Å². The summed E-state index contributed by atoms with van der Waals surface area (Å²) in [6, 6.07) is 2.84. The van der Waals surface area contributed by atoms with Crippen molar-refractivity contribution in [3.8, 4) is 0 Å². The number of aryl methyl sites for hydroxylation is 1. The maximum Gasteiger partial charge on any atom is 0.280 e. The van der Waals surface area contributed by atoms with E-state index in [4.69, 9.17) is 11.6 Å². The minimum absolute atomic E-state index is 0.0588. The van der Waals surface area contributed by atoms with Gasteiger partial charge < -0.3 is 4.90 Å². The number of hydrogen-bond acceptors (Lipinski definition) is 4. The third kappa shape index (κ3) is 3.34. The standard InChI is InChI=1S/C18H19ClF2N6O/c1-3-26-15(11(19)8-22-26)9-25(2)18(28)13-7-16-23-12(10-4-5-10)6-14(17(20)21)27(16)24-13/h6-8,10,17H,3-5,9H2,1-2H3. The highest BCUT2D eigenvalue weighted by molar-refractivity contribution is 6.31. The number of alkyl halides is 2. The Bertz CT molecular complexity index is 1040. The molecule has 1 amide bonds. The van der Waals surface area contributed by atoms with Crippen LogP contribution in [-0.4, -0.2) is 42.2 Å². The van der Waals surface area contributed by atoms with Crippen LogP contribution in [0.2, 0.25) is 5.02 Å². The van der Waals surface area contributed by atoms with Gasteiger partial charge in [-0.1, -0.05) is 11.6 Å². The Morgan fingerprint density at radius 1 is 1.39 bits per heavy atom. The van der Waals surface area contributed by atoms with Gasteiger partial charge in [0.25, 0.3) is 12.3 Å². The van der Waals surface area contributed by atoms with Crippen LogP contribution < -0.4 is 0 Å². The van der Waals surface area contributed by atoms with Crippen LogP contribution in [0.1, 0.15) is 59.7 Å². The van der Waals surface area contributed by atoms with Gasteiger partial charge >= 0.3 is 0 Å². The van der Waals surface area contributed by atoms with Crippen molar-refractivity contribution in [3.63, 3.8) is 0 Å². The minimum atomic E-state index is -2.71. The topological polar surface area (TPSA) is 68.3 Å². The molecular weight excluding hydrogens is 390 g/mol. The van der Waals surface area contributed by atoms with Crippen molar-refractivity contribution < 1.29 is 13.6 Å². The molecule has 1 aliphatic carbocycles. The molecule has 4 rings (SSSR count). The molecule has 1 aliphatic rings. The van der Waals surface area contributed by atoms with Gasteiger partial charge in [0.05, 0.1) is 23.5 Å². The lowest BCUT2D eigenvalue weighted by Crippen LogP contribution is -2.28. The zero-order chi connectivity index (χ0) is 20.0. The van der Waals surface area contributed by atoms with E-state index in [0.29, 0.717) is 23.0 Å². The predicted octanol–water partition coefficient (Wildman–Crippen LogP) is 3.69. The number of carbonyl (C=O) groups excluding carboxylic acids is 1. The average Bonchev–Trinajstić information content (AvgIpc) is 3.34. The van der Waals surface area contributed by atoms with Crippen LogP contribution in [-0.2, 0) is 13.1 Å². The van der Waals surface area contributed by atoms with Gasteiger partial charge in [-0.05, 0) is 25.8 Å². The molecule has 3 heterocycles. The molecule has 0 aromatic carbocycles. The number of carbonyl (C=O) groups is 1. The third-order valence-corrected chi connectivity index (χ3v) is 5.16. The maximum atomic E-state index is 13.5. The molecule has 7 nitrogen and oxygen atoms in total. The number of fused-ring (bicyclic) bond motifs is 1. The van der Waals surface area contributed by atoms with Crippen molar-refractivity contribution in [3.05, 3.63) is 46.1 Å². The van der Waals surface area contributed by atoms with Gasteiger partial charge in [-0.25, -0.2) is 18.3 Å². The lowest BCUT2D eigenvalue weighted by atomic mass is 10.2. The fraction of sp³-hybridized carbons (Fsp3) is 0.444. The Morgan fingerprint density at radius 3 is 2.79 bits per heavy atom. The third-order valence-electron chi connectivity index (χ3n) is 4.84. The van der Waals surface area contributed by atoms with Crippen molar-refractivity contribution in [1.29, 1.82) is 0 Å². The summed E-state index contributed by atoms with van der Waals surface area (Å²) in [5.74, 6) is -0.186. The number of nitrogens with zero attached hydrogens (tertiary/aromatic N) is 6. The van der Waals surface area contributed by atoms with Gasteiger partial charge in [-0.15, -0.1) is 0 Å². The number of halogens is 3. The molecule has 0 radical (unpaired) electrons. The fourth-order valence-corrected chi connectivity index (χ4v) is 3.38. The molecule has 0 bridgehead atoms. The van der Waals surface area contributed by atoms with Crippen LogP contribution in [0.4, 0.5) is 8.78 Å². The Morgan fingerprint density at radius 2 is 2.14 bits per heavy atom. The van der Waals surface area contributed by atoms with E-state index in [1.54, 1.807) is 11.7 Å². The minimum Gasteiger partial charge on any atom is -0.334 e. The molecular formula is C18H19ClF2N6O. The molecule has 1 fully saturated rings. The first-order valence-electron chi connectivity index (χ1n) is 9.03. The fourth-order valence-electron chi connectivity index (χ4n) is 3.18. The monoisotopic (exact) mass is 408 g/mol. The molecule has 3 aromatic rings. The molecule has 0 saturated heterocycles. The van der Waals surface area contributed by atoms with E-state index in [0.717, 1.165) is 17.4 Å². The highest BCUT2D eigenvalue weighted by atomic mass is 35.5. The second-order valence-electron chi connectivity index (χ2n) is 6.90. The number of hydrogen-bond donors (Lipinski definition) is 0. The van der Waals surface area contributed by atoms with Crippen molar-refractivity contribution in [2.24, 2.45) is 0 Å². The molecule has 0 atom stereocenters. The highest BCUT2D eigenvalue weighted by Gasteiger charge is 2.29. The number of rotatable bonds is 6. The molecule has 0 N–H and O–H groups in total. The molecule has 148 valence electrons.